The zero-order valence-electron chi connectivity index (χ0n) is 12.8. The van der Waals surface area contributed by atoms with Crippen LogP contribution < -0.4 is 0 Å². The average Bonchev–Trinajstić information content (AvgIpc) is 2.99. The lowest BCUT2D eigenvalue weighted by Crippen LogP contribution is -2.30. The molecule has 21 heavy (non-hydrogen) atoms. The summed E-state index contributed by atoms with van der Waals surface area (Å²) >= 11 is 0. The van der Waals surface area contributed by atoms with Gasteiger partial charge in [-0.25, -0.2) is 8.42 Å². The van der Waals surface area contributed by atoms with Gasteiger partial charge >= 0.3 is 0 Å². The first kappa shape index (κ1) is 15.0. The quantitative estimate of drug-likeness (QED) is 0.856. The van der Waals surface area contributed by atoms with Crippen LogP contribution >= 0.6 is 0 Å². The Hall–Kier alpha value is -0.870. The highest BCUT2D eigenvalue weighted by molar-refractivity contribution is 7.89. The van der Waals surface area contributed by atoms with E-state index in [9.17, 15) is 8.42 Å². The Bertz CT molecular complexity index is 573. The Morgan fingerprint density at radius 3 is 2.29 bits per heavy atom. The van der Waals surface area contributed by atoms with Gasteiger partial charge in [0.15, 0.2) is 0 Å². The molecule has 3 nitrogen and oxygen atoms in total. The number of benzene rings is 1. The molecule has 0 N–H and O–H groups in total. The van der Waals surface area contributed by atoms with Crippen molar-refractivity contribution in [1.82, 2.24) is 4.31 Å². The topological polar surface area (TPSA) is 37.4 Å². The van der Waals surface area contributed by atoms with Crippen LogP contribution in [0.3, 0.4) is 0 Å². The maximum Gasteiger partial charge on any atom is 0.243 e. The van der Waals surface area contributed by atoms with Crippen LogP contribution in [-0.2, 0) is 10.0 Å². The second kappa shape index (κ2) is 6.09. The summed E-state index contributed by atoms with van der Waals surface area (Å²) in [6.45, 7) is 3.39. The standard InChI is InChI=1S/C17H25NO2S/c1-14-7-9-17(10-8-14)21(19,20)18-12-11-16(13-18)15-5-3-2-4-6-15/h7-10,15-16H,2-6,11-13H2,1H3/t16-/m0/s1. The van der Waals surface area contributed by atoms with Gasteiger partial charge in [0, 0.05) is 13.1 Å². The van der Waals surface area contributed by atoms with Crippen LogP contribution in [0.4, 0.5) is 0 Å². The van der Waals surface area contributed by atoms with Crippen molar-refractivity contribution in [3.8, 4) is 0 Å². The molecule has 1 atom stereocenters. The highest BCUT2D eigenvalue weighted by Crippen LogP contribution is 2.36. The summed E-state index contributed by atoms with van der Waals surface area (Å²) in [5.74, 6) is 1.32. The third-order valence-corrected chi connectivity index (χ3v) is 7.04. The van der Waals surface area contributed by atoms with Crippen molar-refractivity contribution in [3.63, 3.8) is 0 Å². The molecule has 1 aliphatic heterocycles. The minimum absolute atomic E-state index is 0.442. The van der Waals surface area contributed by atoms with E-state index in [0.717, 1.165) is 24.4 Å². The van der Waals surface area contributed by atoms with Gasteiger partial charge in [0.25, 0.3) is 0 Å². The largest absolute Gasteiger partial charge is 0.243 e. The normalized spacial score (nSPS) is 25.3. The second-order valence-electron chi connectivity index (χ2n) is 6.62. The summed E-state index contributed by atoms with van der Waals surface area (Å²) in [6, 6.07) is 7.22. The van der Waals surface area contributed by atoms with Gasteiger partial charge in [0.2, 0.25) is 10.0 Å². The molecule has 0 radical (unpaired) electrons. The van der Waals surface area contributed by atoms with Crippen molar-refractivity contribution >= 4 is 10.0 Å². The van der Waals surface area contributed by atoms with Crippen LogP contribution in [0.2, 0.25) is 0 Å². The molecule has 2 fully saturated rings. The van der Waals surface area contributed by atoms with Gasteiger partial charge in [0.05, 0.1) is 4.90 Å². The smallest absolute Gasteiger partial charge is 0.207 e. The summed E-state index contributed by atoms with van der Waals surface area (Å²) < 4.78 is 27.1. The Balaban J connectivity index is 1.71. The molecule has 0 spiro atoms. The van der Waals surface area contributed by atoms with Crippen molar-refractivity contribution in [2.45, 2.75) is 50.3 Å². The molecule has 2 aliphatic rings. The van der Waals surface area contributed by atoms with Gasteiger partial charge in [-0.05, 0) is 37.3 Å². The van der Waals surface area contributed by atoms with E-state index in [0.29, 0.717) is 17.4 Å². The monoisotopic (exact) mass is 307 g/mol. The summed E-state index contributed by atoms with van der Waals surface area (Å²) in [6.07, 6.45) is 7.63. The van der Waals surface area contributed by atoms with Crippen LogP contribution in [0.5, 0.6) is 0 Å². The fraction of sp³-hybridized carbons (Fsp3) is 0.647. The van der Waals surface area contributed by atoms with E-state index < -0.39 is 10.0 Å². The number of sulfonamides is 1. The van der Waals surface area contributed by atoms with E-state index in [1.54, 1.807) is 16.4 Å². The van der Waals surface area contributed by atoms with Crippen molar-refractivity contribution < 1.29 is 8.42 Å². The van der Waals surface area contributed by atoms with Crippen molar-refractivity contribution in [2.75, 3.05) is 13.1 Å². The first-order valence-corrected chi connectivity index (χ1v) is 9.58. The van der Waals surface area contributed by atoms with Gasteiger partial charge in [-0.1, -0.05) is 49.8 Å². The Morgan fingerprint density at radius 1 is 0.952 bits per heavy atom. The fourth-order valence-electron chi connectivity index (χ4n) is 3.82. The molecule has 0 unspecified atom stereocenters. The van der Waals surface area contributed by atoms with E-state index in [1.807, 2.05) is 19.1 Å². The SMILES string of the molecule is Cc1ccc(S(=O)(=O)N2CC[C@H](C3CCCCC3)C2)cc1. The fourth-order valence-corrected chi connectivity index (χ4v) is 5.33. The highest BCUT2D eigenvalue weighted by atomic mass is 32.2. The number of rotatable bonds is 3. The summed E-state index contributed by atoms with van der Waals surface area (Å²) in [5, 5.41) is 0. The Morgan fingerprint density at radius 2 is 1.62 bits per heavy atom. The van der Waals surface area contributed by atoms with E-state index in [1.165, 1.54) is 32.1 Å². The number of aryl methyl sites for hydroxylation is 1. The first-order chi connectivity index (χ1) is 10.1. The zero-order valence-corrected chi connectivity index (χ0v) is 13.6. The predicted octanol–water partition coefficient (Wildman–Crippen LogP) is 3.59. The minimum Gasteiger partial charge on any atom is -0.207 e. The van der Waals surface area contributed by atoms with E-state index in [4.69, 9.17) is 0 Å². The summed E-state index contributed by atoms with van der Waals surface area (Å²) in [7, 11) is -3.29. The van der Waals surface area contributed by atoms with Crippen molar-refractivity contribution in [3.05, 3.63) is 29.8 Å². The van der Waals surface area contributed by atoms with Gasteiger partial charge in [-0.3, -0.25) is 0 Å². The molecule has 0 amide bonds. The number of hydrogen-bond donors (Lipinski definition) is 0. The molecule has 1 aromatic rings. The third kappa shape index (κ3) is 3.16. The molecule has 4 heteroatoms. The summed E-state index contributed by atoms with van der Waals surface area (Å²) in [4.78, 5) is 0.442. The molecule has 0 aromatic heterocycles. The first-order valence-electron chi connectivity index (χ1n) is 8.14. The Kier molecular flexibility index (Phi) is 4.36. The molecule has 0 bridgehead atoms. The predicted molar refractivity (Wildman–Crippen MR) is 84.6 cm³/mol. The maximum absolute atomic E-state index is 12.7. The van der Waals surface area contributed by atoms with E-state index >= 15 is 0 Å². The third-order valence-electron chi connectivity index (χ3n) is 5.16. The summed E-state index contributed by atoms with van der Waals surface area (Å²) in [5.41, 5.74) is 1.09. The van der Waals surface area contributed by atoms with Crippen LogP contribution in [0.25, 0.3) is 0 Å². The maximum atomic E-state index is 12.7. The highest BCUT2D eigenvalue weighted by Gasteiger charge is 2.36. The van der Waals surface area contributed by atoms with Gasteiger partial charge in [-0.15, -0.1) is 0 Å². The average molecular weight is 307 g/mol. The van der Waals surface area contributed by atoms with Crippen molar-refractivity contribution in [1.29, 1.82) is 0 Å². The molecular formula is C17H25NO2S. The number of hydrogen-bond acceptors (Lipinski definition) is 2. The lowest BCUT2D eigenvalue weighted by Gasteiger charge is -2.27. The van der Waals surface area contributed by atoms with Crippen molar-refractivity contribution in [2.24, 2.45) is 11.8 Å². The van der Waals surface area contributed by atoms with E-state index in [2.05, 4.69) is 0 Å². The lowest BCUT2D eigenvalue weighted by atomic mass is 9.80. The minimum atomic E-state index is -3.29. The van der Waals surface area contributed by atoms with E-state index in [-0.39, 0.29) is 0 Å². The lowest BCUT2D eigenvalue weighted by molar-refractivity contribution is 0.256. The molecule has 1 saturated heterocycles. The second-order valence-corrected chi connectivity index (χ2v) is 8.56. The molecule has 1 saturated carbocycles. The van der Waals surface area contributed by atoms with Gasteiger partial charge < -0.3 is 0 Å². The molecular weight excluding hydrogens is 282 g/mol. The van der Waals surface area contributed by atoms with Gasteiger partial charge in [0.1, 0.15) is 0 Å². The molecule has 1 aromatic carbocycles. The van der Waals surface area contributed by atoms with Crippen LogP contribution in [0.1, 0.15) is 44.1 Å². The van der Waals surface area contributed by atoms with Crippen LogP contribution in [0.15, 0.2) is 29.2 Å². The molecule has 1 aliphatic carbocycles. The molecule has 3 rings (SSSR count). The van der Waals surface area contributed by atoms with Crippen LogP contribution in [-0.4, -0.2) is 25.8 Å². The molecule has 116 valence electrons. The Labute approximate surface area is 128 Å². The molecule has 1 heterocycles. The van der Waals surface area contributed by atoms with Crippen LogP contribution in [0, 0.1) is 18.8 Å². The van der Waals surface area contributed by atoms with Gasteiger partial charge in [-0.2, -0.15) is 4.31 Å². The zero-order chi connectivity index (χ0) is 14.9. The number of nitrogens with zero attached hydrogens (tertiary/aromatic N) is 1.